The maximum atomic E-state index is 11.9. The topological polar surface area (TPSA) is 39.1 Å². The van der Waals surface area contributed by atoms with Gasteiger partial charge in [0.2, 0.25) is 0 Å². The summed E-state index contributed by atoms with van der Waals surface area (Å²) in [4.78, 5) is 15.2. The van der Waals surface area contributed by atoms with Gasteiger partial charge in [0.25, 0.3) is 0 Å². The van der Waals surface area contributed by atoms with Crippen LogP contribution in [0.5, 0.6) is 0 Å². The second kappa shape index (κ2) is 6.23. The van der Waals surface area contributed by atoms with E-state index >= 15 is 0 Å². The lowest BCUT2D eigenvalue weighted by atomic mass is 10.0. The second-order valence-electron chi connectivity index (χ2n) is 6.51. The molecule has 0 amide bonds. The van der Waals surface area contributed by atoms with E-state index in [1.807, 2.05) is 6.92 Å². The average Bonchev–Trinajstić information content (AvgIpc) is 2.52. The van der Waals surface area contributed by atoms with Crippen molar-refractivity contribution in [3.63, 3.8) is 0 Å². The van der Waals surface area contributed by atoms with Crippen molar-refractivity contribution in [3.8, 4) is 0 Å². The summed E-state index contributed by atoms with van der Waals surface area (Å²) >= 11 is 0. The minimum absolute atomic E-state index is 0.228. The predicted octanol–water partition coefficient (Wildman–Crippen LogP) is -0.287. The van der Waals surface area contributed by atoms with Gasteiger partial charge < -0.3 is 14.2 Å². The van der Waals surface area contributed by atoms with Gasteiger partial charge in [-0.1, -0.05) is 12.1 Å². The van der Waals surface area contributed by atoms with Gasteiger partial charge in [-0.15, -0.1) is 0 Å². The van der Waals surface area contributed by atoms with E-state index in [1.165, 1.54) is 38.3 Å². The Morgan fingerprint density at radius 1 is 1.09 bits per heavy atom. The smallest absolute Gasteiger partial charge is 0.336 e. The van der Waals surface area contributed by atoms with Gasteiger partial charge in [-0.05, 0) is 31.9 Å². The number of aryl methyl sites for hydroxylation is 2. The third-order valence-electron chi connectivity index (χ3n) is 5.12. The van der Waals surface area contributed by atoms with Crippen LogP contribution < -0.4 is 15.4 Å². The normalized spacial score (nSPS) is 22.1. The summed E-state index contributed by atoms with van der Waals surface area (Å²) in [6, 6.07) is 5.90. The van der Waals surface area contributed by atoms with Gasteiger partial charge in [0, 0.05) is 17.0 Å². The van der Waals surface area contributed by atoms with Gasteiger partial charge in [0.1, 0.15) is 38.3 Å². The summed E-state index contributed by atoms with van der Waals surface area (Å²) in [5, 5.41) is 1.10. The van der Waals surface area contributed by atoms with Gasteiger partial charge in [0.15, 0.2) is 0 Å². The van der Waals surface area contributed by atoms with Crippen molar-refractivity contribution in [1.29, 1.82) is 0 Å². The van der Waals surface area contributed by atoms with E-state index in [-0.39, 0.29) is 5.63 Å². The zero-order valence-corrected chi connectivity index (χ0v) is 13.8. The van der Waals surface area contributed by atoms with Crippen LogP contribution in [0.3, 0.4) is 0 Å². The van der Waals surface area contributed by atoms with Crippen LogP contribution in [0, 0.1) is 13.8 Å². The number of benzene rings is 1. The van der Waals surface area contributed by atoms with Crippen LogP contribution in [-0.2, 0) is 6.54 Å². The maximum Gasteiger partial charge on any atom is 0.336 e. The summed E-state index contributed by atoms with van der Waals surface area (Å²) in [6.45, 7) is 13.3. The van der Waals surface area contributed by atoms with Crippen molar-refractivity contribution >= 4 is 11.0 Å². The Labute approximate surface area is 131 Å². The molecule has 0 aliphatic carbocycles. The summed E-state index contributed by atoms with van der Waals surface area (Å²) in [5.74, 6) is 0. The lowest BCUT2D eigenvalue weighted by molar-refractivity contribution is -1.02. The molecule has 1 saturated heterocycles. The first-order valence-electron chi connectivity index (χ1n) is 8.28. The lowest BCUT2D eigenvalue weighted by Crippen LogP contribution is -3.27. The molecule has 3 rings (SSSR count). The fourth-order valence-corrected chi connectivity index (χ4v) is 3.43. The summed E-state index contributed by atoms with van der Waals surface area (Å²) in [6.07, 6.45) is 0. The van der Waals surface area contributed by atoms with Crippen LogP contribution in [0.1, 0.15) is 23.6 Å². The number of fused-ring (bicyclic) bond motifs is 1. The monoisotopic (exact) mass is 302 g/mol. The molecule has 0 saturated carbocycles. The minimum Gasteiger partial charge on any atom is -0.422 e. The molecule has 0 unspecified atom stereocenters. The molecule has 1 fully saturated rings. The third-order valence-corrected chi connectivity index (χ3v) is 5.12. The molecule has 0 bridgehead atoms. The molecule has 0 atom stereocenters. The Kier molecular flexibility index (Phi) is 4.32. The lowest BCUT2D eigenvalue weighted by Gasteiger charge is -2.29. The van der Waals surface area contributed by atoms with E-state index in [1.54, 1.807) is 15.9 Å². The first-order chi connectivity index (χ1) is 10.6. The number of hydrogen-bond donors (Lipinski definition) is 2. The fourth-order valence-electron chi connectivity index (χ4n) is 3.43. The average molecular weight is 302 g/mol. The fraction of sp³-hybridized carbons (Fsp3) is 0.500. The van der Waals surface area contributed by atoms with E-state index in [0.717, 1.165) is 28.6 Å². The number of rotatable bonds is 3. The standard InChI is InChI=1S/C18H24N2O2/c1-4-19-7-9-20(10-8-19)12-15-11-17(21)22-18-14(3)13(2)5-6-16(15)18/h5-6,11H,4,7-10,12H2,1-3H3/p+2. The molecule has 0 radical (unpaired) electrons. The molecule has 0 spiro atoms. The highest BCUT2D eigenvalue weighted by Gasteiger charge is 2.23. The second-order valence-corrected chi connectivity index (χ2v) is 6.51. The third kappa shape index (κ3) is 2.94. The highest BCUT2D eigenvalue weighted by Crippen LogP contribution is 2.22. The molecule has 118 valence electrons. The van der Waals surface area contributed by atoms with Crippen LogP contribution in [0.4, 0.5) is 0 Å². The van der Waals surface area contributed by atoms with E-state index in [9.17, 15) is 4.79 Å². The van der Waals surface area contributed by atoms with Crippen molar-refractivity contribution in [2.24, 2.45) is 0 Å². The van der Waals surface area contributed by atoms with Crippen molar-refractivity contribution in [2.75, 3.05) is 32.7 Å². The van der Waals surface area contributed by atoms with E-state index in [2.05, 4.69) is 26.0 Å². The molecule has 4 nitrogen and oxygen atoms in total. The first kappa shape index (κ1) is 15.3. The van der Waals surface area contributed by atoms with Crippen molar-refractivity contribution in [1.82, 2.24) is 0 Å². The number of likely N-dealkylation sites (N-methyl/N-ethyl adjacent to an activating group) is 1. The zero-order valence-electron chi connectivity index (χ0n) is 13.8. The van der Waals surface area contributed by atoms with Gasteiger partial charge >= 0.3 is 5.63 Å². The SMILES string of the molecule is CC[NH+]1CC[NH+](Cc2cc(=O)oc3c(C)c(C)ccc23)CC1. The molecule has 2 aromatic rings. The molecule has 1 aromatic carbocycles. The molecule has 1 aliphatic heterocycles. The summed E-state index contributed by atoms with van der Waals surface area (Å²) < 4.78 is 5.47. The molecule has 4 heteroatoms. The largest absolute Gasteiger partial charge is 0.422 e. The highest BCUT2D eigenvalue weighted by atomic mass is 16.4. The van der Waals surface area contributed by atoms with Crippen molar-refractivity contribution in [3.05, 3.63) is 45.3 Å². The van der Waals surface area contributed by atoms with Crippen LogP contribution in [-0.4, -0.2) is 32.7 Å². The first-order valence-corrected chi connectivity index (χ1v) is 8.28. The molecular weight excluding hydrogens is 276 g/mol. The molecule has 2 N–H and O–H groups in total. The Morgan fingerprint density at radius 2 is 1.77 bits per heavy atom. The Bertz CT molecular complexity index is 728. The number of hydrogen-bond acceptors (Lipinski definition) is 2. The molecule has 1 aromatic heterocycles. The Morgan fingerprint density at radius 3 is 2.45 bits per heavy atom. The number of quaternary nitrogens is 2. The van der Waals surface area contributed by atoms with Gasteiger partial charge in [-0.3, -0.25) is 0 Å². The number of nitrogens with one attached hydrogen (secondary N) is 2. The summed E-state index contributed by atoms with van der Waals surface area (Å²) in [5.41, 5.74) is 3.91. The Balaban J connectivity index is 1.91. The number of piperazine rings is 1. The predicted molar refractivity (Wildman–Crippen MR) is 87.6 cm³/mol. The van der Waals surface area contributed by atoms with E-state index in [0.29, 0.717) is 0 Å². The van der Waals surface area contributed by atoms with Crippen molar-refractivity contribution in [2.45, 2.75) is 27.3 Å². The van der Waals surface area contributed by atoms with E-state index in [4.69, 9.17) is 4.42 Å². The molecular formula is C18H26N2O2+2. The zero-order chi connectivity index (χ0) is 15.7. The molecule has 22 heavy (non-hydrogen) atoms. The van der Waals surface area contributed by atoms with Gasteiger partial charge in [-0.2, -0.15) is 0 Å². The van der Waals surface area contributed by atoms with Crippen LogP contribution in [0.25, 0.3) is 11.0 Å². The van der Waals surface area contributed by atoms with Crippen molar-refractivity contribution < 1.29 is 14.2 Å². The van der Waals surface area contributed by atoms with Gasteiger partial charge in [-0.25, -0.2) is 4.79 Å². The highest BCUT2D eigenvalue weighted by molar-refractivity contribution is 5.83. The van der Waals surface area contributed by atoms with Crippen LogP contribution in [0.2, 0.25) is 0 Å². The maximum absolute atomic E-state index is 11.9. The summed E-state index contributed by atoms with van der Waals surface area (Å²) in [7, 11) is 0. The van der Waals surface area contributed by atoms with Crippen LogP contribution in [0.15, 0.2) is 27.4 Å². The van der Waals surface area contributed by atoms with Gasteiger partial charge in [0.05, 0.1) is 6.54 Å². The molecule has 1 aliphatic rings. The Hall–Kier alpha value is -1.65. The van der Waals surface area contributed by atoms with E-state index < -0.39 is 0 Å². The quantitative estimate of drug-likeness (QED) is 0.765. The molecule has 2 heterocycles. The minimum atomic E-state index is -0.228. The van der Waals surface area contributed by atoms with Crippen LogP contribution >= 0.6 is 0 Å².